The van der Waals surface area contributed by atoms with Crippen molar-refractivity contribution < 1.29 is 9.84 Å². The van der Waals surface area contributed by atoms with Crippen LogP contribution in [0.4, 0.5) is 0 Å². The predicted octanol–water partition coefficient (Wildman–Crippen LogP) is 0.644. The van der Waals surface area contributed by atoms with Crippen LogP contribution in [0.1, 0.15) is 12.7 Å². The normalized spacial score (nSPS) is 27.2. The summed E-state index contributed by atoms with van der Waals surface area (Å²) in [6.07, 6.45) is 0. The minimum absolute atomic E-state index is 0.0678. The van der Waals surface area contributed by atoms with E-state index in [1.54, 1.807) is 0 Å². The van der Waals surface area contributed by atoms with Crippen LogP contribution < -0.4 is 5.73 Å². The van der Waals surface area contributed by atoms with E-state index < -0.39 is 0 Å². The minimum Gasteiger partial charge on any atom is -0.395 e. The van der Waals surface area contributed by atoms with Crippen molar-refractivity contribution in [2.45, 2.75) is 24.9 Å². The number of nitrogens with two attached hydrogens (primary N) is 1. The maximum Gasteiger partial charge on any atom is 0.119 e. The third kappa shape index (κ3) is 1.85. The van der Waals surface area contributed by atoms with E-state index in [1.165, 1.54) is 0 Å². The van der Waals surface area contributed by atoms with Crippen molar-refractivity contribution in [1.29, 1.82) is 0 Å². The molecule has 1 aromatic heterocycles. The molecule has 2 aromatic rings. The topological polar surface area (TPSA) is 73.3 Å². The smallest absolute Gasteiger partial charge is 0.119 e. The van der Waals surface area contributed by atoms with E-state index in [-0.39, 0.29) is 18.1 Å². The van der Waals surface area contributed by atoms with Crippen LogP contribution in [0.5, 0.6) is 0 Å². The maximum atomic E-state index is 9.30. The summed E-state index contributed by atoms with van der Waals surface area (Å²) >= 11 is 0. The van der Waals surface area contributed by atoms with E-state index in [0.717, 1.165) is 16.9 Å². The second-order valence-electron chi connectivity index (χ2n) is 5.34. The summed E-state index contributed by atoms with van der Waals surface area (Å²) in [5.41, 5.74) is 7.86. The van der Waals surface area contributed by atoms with E-state index in [0.29, 0.717) is 19.8 Å². The third-order valence-electron chi connectivity index (χ3n) is 4.01. The fourth-order valence-corrected chi connectivity index (χ4v) is 2.76. The summed E-state index contributed by atoms with van der Waals surface area (Å²) in [6, 6.07) is 7.89. The average Bonchev–Trinajstić information content (AvgIpc) is 2.94. The maximum absolute atomic E-state index is 9.30. The quantitative estimate of drug-likeness (QED) is 0.850. The summed E-state index contributed by atoms with van der Waals surface area (Å²) in [6.45, 7) is 3.82. The average molecular weight is 261 g/mol. The van der Waals surface area contributed by atoms with Crippen LogP contribution in [0.25, 0.3) is 11.0 Å². The molecule has 19 heavy (non-hydrogen) atoms. The number of ether oxygens (including phenoxy) is 1. The first-order chi connectivity index (χ1) is 9.16. The number of hydrogen-bond donors (Lipinski definition) is 2. The molecule has 1 aliphatic rings. The van der Waals surface area contributed by atoms with Crippen molar-refractivity contribution in [3.63, 3.8) is 0 Å². The van der Waals surface area contributed by atoms with Gasteiger partial charge in [-0.3, -0.25) is 0 Å². The Morgan fingerprint density at radius 2 is 2.32 bits per heavy atom. The van der Waals surface area contributed by atoms with Gasteiger partial charge in [0.2, 0.25) is 0 Å². The lowest BCUT2D eigenvalue weighted by Gasteiger charge is -2.27. The van der Waals surface area contributed by atoms with E-state index >= 15 is 0 Å². The Balaban J connectivity index is 2.19. The Labute approximate surface area is 112 Å². The highest BCUT2D eigenvalue weighted by Crippen LogP contribution is 2.33. The summed E-state index contributed by atoms with van der Waals surface area (Å²) < 4.78 is 7.57. The number of nitrogens with zero attached hydrogens (tertiary/aromatic N) is 2. The summed E-state index contributed by atoms with van der Waals surface area (Å²) in [4.78, 5) is 4.73. The van der Waals surface area contributed by atoms with Crippen LogP contribution in [-0.2, 0) is 16.7 Å². The van der Waals surface area contributed by atoms with E-state index in [9.17, 15) is 5.11 Å². The highest BCUT2D eigenvalue weighted by atomic mass is 16.5. The number of aliphatic hydroxyl groups excluding tert-OH is 1. The second-order valence-corrected chi connectivity index (χ2v) is 5.34. The molecule has 0 amide bonds. The van der Waals surface area contributed by atoms with Gasteiger partial charge in [0.1, 0.15) is 5.82 Å². The zero-order valence-corrected chi connectivity index (χ0v) is 11.0. The summed E-state index contributed by atoms with van der Waals surface area (Å²) in [7, 11) is 0. The molecule has 2 atom stereocenters. The molecule has 0 saturated carbocycles. The molecule has 0 radical (unpaired) electrons. The number of imidazole rings is 1. The Morgan fingerprint density at radius 1 is 1.53 bits per heavy atom. The van der Waals surface area contributed by atoms with Crippen molar-refractivity contribution in [2.75, 3.05) is 19.8 Å². The first-order valence-electron chi connectivity index (χ1n) is 6.57. The highest BCUT2D eigenvalue weighted by Gasteiger charge is 2.43. The predicted molar refractivity (Wildman–Crippen MR) is 73.0 cm³/mol. The fourth-order valence-electron chi connectivity index (χ4n) is 2.76. The monoisotopic (exact) mass is 261 g/mol. The zero-order chi connectivity index (χ0) is 13.5. The van der Waals surface area contributed by atoms with Crippen LogP contribution in [-0.4, -0.2) is 40.5 Å². The lowest BCUT2D eigenvalue weighted by Crippen LogP contribution is -2.44. The number of rotatable bonds is 3. The minimum atomic E-state index is -0.297. The van der Waals surface area contributed by atoms with Gasteiger partial charge < -0.3 is 20.1 Å². The Hall–Kier alpha value is -1.43. The van der Waals surface area contributed by atoms with Gasteiger partial charge in [0.25, 0.3) is 0 Å². The highest BCUT2D eigenvalue weighted by molar-refractivity contribution is 5.76. The van der Waals surface area contributed by atoms with Crippen molar-refractivity contribution >= 4 is 11.0 Å². The van der Waals surface area contributed by atoms with Crippen molar-refractivity contribution in [3.8, 4) is 0 Å². The Bertz CT molecular complexity index is 595. The molecular weight excluding hydrogens is 242 g/mol. The standard InChI is InChI=1S/C14H19N3O2/c1-14(9-19-8-12(14)15)13-16-10-4-2-3-5-11(10)17(13)6-7-18/h2-5,12,18H,6-9,15H2,1H3. The molecule has 1 saturated heterocycles. The van der Waals surface area contributed by atoms with Gasteiger partial charge in [0.15, 0.2) is 0 Å². The van der Waals surface area contributed by atoms with Gasteiger partial charge in [-0.05, 0) is 19.1 Å². The first-order valence-corrected chi connectivity index (χ1v) is 6.57. The van der Waals surface area contributed by atoms with E-state index in [2.05, 4.69) is 11.5 Å². The Kier molecular flexibility index (Phi) is 3.05. The molecular formula is C14H19N3O2. The van der Waals surface area contributed by atoms with Crippen LogP contribution in [0, 0.1) is 0 Å². The van der Waals surface area contributed by atoms with Crippen LogP contribution in [0.2, 0.25) is 0 Å². The molecule has 2 heterocycles. The van der Waals surface area contributed by atoms with Crippen LogP contribution in [0.15, 0.2) is 24.3 Å². The molecule has 2 unspecified atom stereocenters. The fraction of sp³-hybridized carbons (Fsp3) is 0.500. The van der Waals surface area contributed by atoms with Gasteiger partial charge in [-0.15, -0.1) is 0 Å². The summed E-state index contributed by atoms with van der Waals surface area (Å²) in [5.74, 6) is 0.910. The van der Waals surface area contributed by atoms with E-state index in [1.807, 2.05) is 24.3 Å². The number of aliphatic hydroxyl groups is 1. The van der Waals surface area contributed by atoms with E-state index in [4.69, 9.17) is 15.5 Å². The lowest BCUT2D eigenvalue weighted by atomic mass is 9.85. The molecule has 3 rings (SSSR count). The number of hydrogen-bond acceptors (Lipinski definition) is 4. The number of benzene rings is 1. The van der Waals surface area contributed by atoms with Crippen molar-refractivity contribution in [2.24, 2.45) is 5.73 Å². The molecule has 0 bridgehead atoms. The van der Waals surface area contributed by atoms with Gasteiger partial charge in [0, 0.05) is 12.6 Å². The SMILES string of the molecule is CC1(c2nc3ccccc3n2CCO)COCC1N. The van der Waals surface area contributed by atoms with Gasteiger partial charge in [-0.1, -0.05) is 12.1 Å². The van der Waals surface area contributed by atoms with Crippen LogP contribution in [0.3, 0.4) is 0 Å². The molecule has 0 aliphatic carbocycles. The molecule has 5 heteroatoms. The molecule has 1 aromatic carbocycles. The zero-order valence-electron chi connectivity index (χ0n) is 11.0. The first kappa shape index (κ1) is 12.6. The van der Waals surface area contributed by atoms with Crippen molar-refractivity contribution in [1.82, 2.24) is 9.55 Å². The largest absolute Gasteiger partial charge is 0.395 e. The Morgan fingerprint density at radius 3 is 3.00 bits per heavy atom. The number of fused-ring (bicyclic) bond motifs is 1. The molecule has 5 nitrogen and oxygen atoms in total. The summed E-state index contributed by atoms with van der Waals surface area (Å²) in [5, 5.41) is 9.30. The van der Waals surface area contributed by atoms with Gasteiger partial charge in [-0.2, -0.15) is 0 Å². The van der Waals surface area contributed by atoms with Gasteiger partial charge in [0.05, 0.1) is 36.3 Å². The van der Waals surface area contributed by atoms with Crippen LogP contribution >= 0.6 is 0 Å². The van der Waals surface area contributed by atoms with Gasteiger partial charge >= 0.3 is 0 Å². The van der Waals surface area contributed by atoms with Crippen molar-refractivity contribution in [3.05, 3.63) is 30.1 Å². The molecule has 1 aliphatic heterocycles. The second kappa shape index (κ2) is 4.59. The number of aromatic nitrogens is 2. The molecule has 1 fully saturated rings. The third-order valence-corrected chi connectivity index (χ3v) is 4.01. The molecule has 102 valence electrons. The lowest BCUT2D eigenvalue weighted by molar-refractivity contribution is 0.176. The van der Waals surface area contributed by atoms with Gasteiger partial charge in [-0.25, -0.2) is 4.98 Å². The molecule has 3 N–H and O–H groups in total. The number of para-hydroxylation sites is 2. The molecule has 0 spiro atoms.